The van der Waals surface area contributed by atoms with Crippen LogP contribution in [0, 0.1) is 28.6 Å². The standard InChI is InChI=1S/C21H29O8P.2Na/c1-19-7-5-13(22)9-12(19)3-4-14-15-6-8-21(25,17(24)11-29-30(26,27)28)20(15,2)10-16(23)18(14)19;;/h5,7,9,14-16,18,23,25H,3-4,6,8,10-11H2,1-2H3,(H2,26,27,28);;/q;2*+1/p-1/t14-,15-,16-,18+,19-,20-,21-;;/m0../s1. The van der Waals surface area contributed by atoms with Crippen LogP contribution in [0.1, 0.15) is 46.0 Å². The molecule has 0 aromatic carbocycles. The average Bonchev–Trinajstić information content (AvgIpc) is 2.91. The monoisotopic (exact) mass is 485 g/mol. The predicted molar refractivity (Wildman–Crippen MR) is 104 cm³/mol. The van der Waals surface area contributed by atoms with Gasteiger partial charge in [0.25, 0.3) is 7.82 Å². The van der Waals surface area contributed by atoms with E-state index in [-0.39, 0.29) is 95.5 Å². The zero-order valence-electron chi connectivity index (χ0n) is 19.1. The molecule has 0 saturated heterocycles. The van der Waals surface area contributed by atoms with E-state index in [0.29, 0.717) is 12.8 Å². The molecule has 0 aromatic heterocycles. The number of allylic oxidation sites excluding steroid dienone is 4. The summed E-state index contributed by atoms with van der Waals surface area (Å²) >= 11 is 0. The Morgan fingerprint density at radius 2 is 1.97 bits per heavy atom. The van der Waals surface area contributed by atoms with Crippen LogP contribution in [-0.4, -0.2) is 45.0 Å². The van der Waals surface area contributed by atoms with Crippen LogP contribution >= 0.6 is 7.82 Å². The van der Waals surface area contributed by atoms with Crippen LogP contribution < -0.4 is 64.0 Å². The summed E-state index contributed by atoms with van der Waals surface area (Å²) in [6.45, 7) is 2.89. The molecule has 3 saturated carbocycles. The minimum atomic E-state index is -5.09. The van der Waals surface area contributed by atoms with Gasteiger partial charge in [-0.05, 0) is 56.1 Å². The summed E-state index contributed by atoms with van der Waals surface area (Å²) < 4.78 is 15.2. The zero-order chi connectivity index (χ0) is 22.1. The van der Waals surface area contributed by atoms with E-state index < -0.39 is 42.7 Å². The zero-order valence-corrected chi connectivity index (χ0v) is 24.0. The van der Waals surface area contributed by atoms with Crippen LogP contribution in [0.25, 0.3) is 0 Å². The van der Waals surface area contributed by atoms with Gasteiger partial charge in [-0.15, -0.1) is 0 Å². The third kappa shape index (κ3) is 4.54. The van der Waals surface area contributed by atoms with Crippen LogP contribution in [0.15, 0.2) is 23.8 Å². The Morgan fingerprint density at radius 3 is 2.59 bits per heavy atom. The number of carbonyl (C=O) groups is 2. The molecule has 0 radical (unpaired) electrons. The summed E-state index contributed by atoms with van der Waals surface area (Å²) in [7, 11) is -5.09. The number of ketones is 2. The number of hydrogen-bond acceptors (Lipinski definition) is 7. The molecule has 1 unspecified atom stereocenters. The minimum absolute atomic E-state index is 0. The molecule has 3 fully saturated rings. The maximum Gasteiger partial charge on any atom is 1.00 e. The van der Waals surface area contributed by atoms with Crippen molar-refractivity contribution in [2.24, 2.45) is 28.6 Å². The normalized spacial score (nSPS) is 44.1. The topological polar surface area (TPSA) is 144 Å². The molecule has 32 heavy (non-hydrogen) atoms. The molecule has 0 aromatic rings. The number of fused-ring (bicyclic) bond motifs is 5. The van der Waals surface area contributed by atoms with Crippen molar-refractivity contribution in [3.8, 4) is 0 Å². The molecule has 0 spiro atoms. The Morgan fingerprint density at radius 1 is 1.31 bits per heavy atom. The number of hydrogen-bond donors (Lipinski definition) is 3. The molecule has 8 nitrogen and oxygen atoms in total. The molecule has 0 bridgehead atoms. The van der Waals surface area contributed by atoms with Crippen molar-refractivity contribution in [2.45, 2.75) is 57.7 Å². The van der Waals surface area contributed by atoms with Crippen LogP contribution in [0.5, 0.6) is 0 Å². The van der Waals surface area contributed by atoms with Gasteiger partial charge in [-0.1, -0.05) is 25.5 Å². The maximum atomic E-state index is 12.8. The first-order chi connectivity index (χ1) is 13.8. The Balaban J connectivity index is 0.00000181. The number of carbonyl (C=O) groups excluding carboxylic acids is 2. The molecular weight excluding hydrogens is 457 g/mol. The van der Waals surface area contributed by atoms with Gasteiger partial charge in [0.15, 0.2) is 11.6 Å². The van der Waals surface area contributed by atoms with Crippen molar-refractivity contribution < 1.29 is 97.8 Å². The van der Waals surface area contributed by atoms with Gasteiger partial charge in [0.1, 0.15) is 12.2 Å². The smallest absolute Gasteiger partial charge is 0.756 e. The second kappa shape index (κ2) is 9.72. The van der Waals surface area contributed by atoms with Crippen molar-refractivity contribution in [1.82, 2.24) is 0 Å². The van der Waals surface area contributed by atoms with Gasteiger partial charge in [-0.3, -0.25) is 14.2 Å². The van der Waals surface area contributed by atoms with Gasteiger partial charge in [-0.25, -0.2) is 0 Å². The summed E-state index contributed by atoms with van der Waals surface area (Å²) in [4.78, 5) is 44.4. The fraction of sp³-hybridized carbons (Fsp3) is 0.714. The van der Waals surface area contributed by atoms with Crippen LogP contribution in [0.4, 0.5) is 0 Å². The van der Waals surface area contributed by atoms with Crippen LogP contribution in [0.3, 0.4) is 0 Å². The van der Waals surface area contributed by atoms with E-state index in [1.165, 1.54) is 0 Å². The molecule has 166 valence electrons. The average molecular weight is 485 g/mol. The fourth-order valence-corrected chi connectivity index (χ4v) is 7.33. The minimum Gasteiger partial charge on any atom is -0.756 e. The summed E-state index contributed by atoms with van der Waals surface area (Å²) in [6, 6.07) is 0. The molecule has 3 N–H and O–H groups in total. The molecule has 8 atom stereocenters. The number of phosphoric acid groups is 1. The first kappa shape index (κ1) is 29.1. The van der Waals surface area contributed by atoms with Gasteiger partial charge in [0.05, 0.1) is 6.10 Å². The molecule has 0 amide bonds. The van der Waals surface area contributed by atoms with E-state index in [4.69, 9.17) is 4.89 Å². The Hall–Kier alpha value is 0.850. The molecular formula is C21H28Na2O8P+. The van der Waals surface area contributed by atoms with Crippen molar-refractivity contribution in [2.75, 3.05) is 6.61 Å². The van der Waals surface area contributed by atoms with E-state index in [0.717, 1.165) is 12.0 Å². The summed E-state index contributed by atoms with van der Waals surface area (Å²) in [5, 5.41) is 22.6. The van der Waals surface area contributed by atoms with Crippen LogP contribution in [-0.2, 0) is 18.7 Å². The van der Waals surface area contributed by atoms with E-state index in [2.05, 4.69) is 4.52 Å². The van der Waals surface area contributed by atoms with Crippen LogP contribution in [0.2, 0.25) is 0 Å². The van der Waals surface area contributed by atoms with Crippen molar-refractivity contribution in [3.63, 3.8) is 0 Å². The third-order valence-corrected chi connectivity index (χ3v) is 8.92. The predicted octanol–water partition coefficient (Wildman–Crippen LogP) is -4.95. The van der Waals surface area contributed by atoms with Gasteiger partial charge >= 0.3 is 59.1 Å². The molecule has 11 heteroatoms. The molecule has 4 rings (SSSR count). The van der Waals surface area contributed by atoms with Crippen molar-refractivity contribution in [3.05, 3.63) is 23.8 Å². The number of aliphatic hydroxyl groups excluding tert-OH is 1. The first-order valence-corrected chi connectivity index (χ1v) is 11.9. The van der Waals surface area contributed by atoms with Crippen molar-refractivity contribution in [1.29, 1.82) is 0 Å². The molecule has 0 aliphatic heterocycles. The van der Waals surface area contributed by atoms with Gasteiger partial charge < -0.3 is 24.5 Å². The van der Waals surface area contributed by atoms with E-state index in [1.54, 1.807) is 19.1 Å². The van der Waals surface area contributed by atoms with Gasteiger partial charge in [0.2, 0.25) is 0 Å². The molecule has 4 aliphatic rings. The second-order valence-electron chi connectivity index (χ2n) is 9.78. The number of aliphatic hydroxyl groups is 2. The van der Waals surface area contributed by atoms with Crippen molar-refractivity contribution >= 4 is 19.4 Å². The summed E-state index contributed by atoms with van der Waals surface area (Å²) in [5.41, 5.74) is -2.21. The maximum absolute atomic E-state index is 12.8. The summed E-state index contributed by atoms with van der Waals surface area (Å²) in [5.74, 6) is -0.971. The van der Waals surface area contributed by atoms with E-state index in [1.807, 2.05) is 13.0 Å². The second-order valence-corrected chi connectivity index (χ2v) is 11.0. The van der Waals surface area contributed by atoms with Gasteiger partial charge in [0, 0.05) is 16.7 Å². The fourth-order valence-electron chi connectivity index (χ4n) is 7.05. The Kier molecular flexibility index (Phi) is 8.83. The quantitative estimate of drug-likeness (QED) is 0.266. The number of rotatable bonds is 4. The number of Topliss-reactive ketones (excluding diaryl/α,β-unsaturated/α-hetero) is 1. The van der Waals surface area contributed by atoms with E-state index in [9.17, 15) is 29.3 Å². The SMILES string of the molecule is C[C@]12C=CC(=O)C=C1CC[C@@H]1[C@@H]2[C@@H](O)C[C@@]2(C)[C@H]1CC[C@]2(O)C(=O)COP(=O)([O-])O.[Na+].[Na+]. The Labute approximate surface area is 232 Å². The number of phosphoric ester groups is 1. The van der Waals surface area contributed by atoms with Gasteiger partial charge in [-0.2, -0.15) is 0 Å². The Bertz CT molecular complexity index is 900. The largest absolute Gasteiger partial charge is 1.00 e. The summed E-state index contributed by atoms with van der Waals surface area (Å²) in [6.07, 6.45) is 6.66. The van der Waals surface area contributed by atoms with E-state index >= 15 is 0 Å². The third-order valence-electron chi connectivity index (χ3n) is 8.47. The molecule has 0 heterocycles. The first-order valence-electron chi connectivity index (χ1n) is 10.4. The molecule has 4 aliphatic carbocycles.